The molecule has 19 heavy (non-hydrogen) atoms. The summed E-state index contributed by atoms with van der Waals surface area (Å²) in [5.41, 5.74) is 1.48. The number of carboxylic acid groups (broad SMARTS) is 1. The molecule has 0 aromatic carbocycles. The minimum Gasteiger partial charge on any atom is -0.481 e. The Hall–Kier alpha value is -1.32. The Morgan fingerprint density at radius 3 is 2.53 bits per heavy atom. The van der Waals surface area contributed by atoms with Crippen LogP contribution in [0.2, 0.25) is 0 Å². The van der Waals surface area contributed by atoms with Crippen LogP contribution in [-0.4, -0.2) is 20.9 Å². The van der Waals surface area contributed by atoms with E-state index in [0.29, 0.717) is 6.42 Å². The zero-order chi connectivity index (χ0) is 13.9. The van der Waals surface area contributed by atoms with Gasteiger partial charge in [0.1, 0.15) is 0 Å². The van der Waals surface area contributed by atoms with Gasteiger partial charge >= 0.3 is 5.97 Å². The first-order valence-electron chi connectivity index (χ1n) is 7.34. The SMILES string of the molecule is CCn1nc(C)cc1CC1(C(=O)O)CCCCCC1. The summed E-state index contributed by atoms with van der Waals surface area (Å²) < 4.78 is 1.95. The van der Waals surface area contributed by atoms with E-state index >= 15 is 0 Å². The van der Waals surface area contributed by atoms with Crippen LogP contribution in [0.5, 0.6) is 0 Å². The van der Waals surface area contributed by atoms with Gasteiger partial charge in [-0.15, -0.1) is 0 Å². The molecule has 1 aromatic heterocycles. The Morgan fingerprint density at radius 2 is 2.00 bits per heavy atom. The van der Waals surface area contributed by atoms with Crippen molar-refractivity contribution in [1.29, 1.82) is 0 Å². The molecular weight excluding hydrogens is 240 g/mol. The van der Waals surface area contributed by atoms with Crippen LogP contribution in [0.4, 0.5) is 0 Å². The number of hydrogen-bond donors (Lipinski definition) is 1. The van der Waals surface area contributed by atoms with Gasteiger partial charge in [0.25, 0.3) is 0 Å². The first kappa shape index (κ1) is 14.1. The molecular formula is C15H24N2O2. The molecule has 106 valence electrons. The summed E-state index contributed by atoms with van der Waals surface area (Å²) in [6.45, 7) is 4.82. The maximum atomic E-state index is 11.8. The van der Waals surface area contributed by atoms with Gasteiger partial charge in [0.05, 0.1) is 11.1 Å². The standard InChI is InChI=1S/C15H24N2O2/c1-3-17-13(10-12(2)16-17)11-15(14(18)19)8-6-4-5-7-9-15/h10H,3-9,11H2,1-2H3,(H,18,19). The molecule has 0 saturated heterocycles. The Balaban J connectivity index is 2.26. The predicted octanol–water partition coefficient (Wildman–Crippen LogP) is 3.18. The topological polar surface area (TPSA) is 55.1 Å². The third kappa shape index (κ3) is 2.99. The second-order valence-corrected chi connectivity index (χ2v) is 5.77. The Labute approximate surface area is 114 Å². The molecule has 0 unspecified atom stereocenters. The van der Waals surface area contributed by atoms with Crippen LogP contribution in [-0.2, 0) is 17.8 Å². The quantitative estimate of drug-likeness (QED) is 0.850. The number of hydrogen-bond acceptors (Lipinski definition) is 2. The number of aliphatic carboxylic acids is 1. The van der Waals surface area contributed by atoms with E-state index in [9.17, 15) is 9.90 Å². The van der Waals surface area contributed by atoms with Crippen molar-refractivity contribution in [3.63, 3.8) is 0 Å². The van der Waals surface area contributed by atoms with Gasteiger partial charge in [-0.05, 0) is 32.8 Å². The minimum atomic E-state index is -0.629. The monoisotopic (exact) mass is 264 g/mol. The number of carbonyl (C=O) groups is 1. The highest BCUT2D eigenvalue weighted by Crippen LogP contribution is 2.38. The molecule has 1 N–H and O–H groups in total. The highest BCUT2D eigenvalue weighted by molar-refractivity contribution is 5.75. The minimum absolute atomic E-state index is 0.574. The van der Waals surface area contributed by atoms with Gasteiger partial charge in [0.2, 0.25) is 0 Å². The Kier molecular flexibility index (Phi) is 4.27. The van der Waals surface area contributed by atoms with E-state index in [0.717, 1.165) is 43.6 Å². The van der Waals surface area contributed by atoms with Crippen molar-refractivity contribution in [2.24, 2.45) is 5.41 Å². The number of rotatable bonds is 4. The molecule has 1 saturated carbocycles. The fourth-order valence-corrected chi connectivity index (χ4v) is 3.23. The van der Waals surface area contributed by atoms with E-state index in [1.54, 1.807) is 0 Å². The molecule has 1 aromatic rings. The summed E-state index contributed by atoms with van der Waals surface area (Å²) in [5.74, 6) is -0.629. The van der Waals surface area contributed by atoms with E-state index in [1.807, 2.05) is 17.7 Å². The van der Waals surface area contributed by atoms with Gasteiger partial charge < -0.3 is 5.11 Å². The lowest BCUT2D eigenvalue weighted by molar-refractivity contribution is -0.150. The molecule has 4 heteroatoms. The summed E-state index contributed by atoms with van der Waals surface area (Å²) in [7, 11) is 0. The number of nitrogens with zero attached hydrogens (tertiary/aromatic N) is 2. The van der Waals surface area contributed by atoms with E-state index in [1.165, 1.54) is 12.8 Å². The van der Waals surface area contributed by atoms with Gasteiger partial charge in [-0.25, -0.2) is 0 Å². The third-order valence-corrected chi connectivity index (χ3v) is 4.32. The normalized spacial score (nSPS) is 19.1. The van der Waals surface area contributed by atoms with Crippen molar-refractivity contribution in [2.45, 2.75) is 65.3 Å². The molecule has 1 fully saturated rings. The van der Waals surface area contributed by atoms with Crippen LogP contribution in [0.1, 0.15) is 56.8 Å². The first-order chi connectivity index (χ1) is 9.07. The second-order valence-electron chi connectivity index (χ2n) is 5.77. The Bertz CT molecular complexity index is 443. The summed E-state index contributed by atoms with van der Waals surface area (Å²) in [4.78, 5) is 11.8. The highest BCUT2D eigenvalue weighted by atomic mass is 16.4. The predicted molar refractivity (Wildman–Crippen MR) is 74.1 cm³/mol. The zero-order valence-electron chi connectivity index (χ0n) is 12.0. The fraction of sp³-hybridized carbons (Fsp3) is 0.733. The number of aryl methyl sites for hydroxylation is 2. The Morgan fingerprint density at radius 1 is 1.37 bits per heavy atom. The van der Waals surface area contributed by atoms with Crippen LogP contribution >= 0.6 is 0 Å². The van der Waals surface area contributed by atoms with Gasteiger partial charge in [-0.2, -0.15) is 5.10 Å². The molecule has 0 spiro atoms. The lowest BCUT2D eigenvalue weighted by atomic mass is 9.76. The molecule has 0 radical (unpaired) electrons. The molecule has 0 atom stereocenters. The van der Waals surface area contributed by atoms with E-state index < -0.39 is 11.4 Å². The lowest BCUT2D eigenvalue weighted by Gasteiger charge is -2.28. The number of carboxylic acids is 1. The lowest BCUT2D eigenvalue weighted by Crippen LogP contribution is -2.33. The summed E-state index contributed by atoms with van der Waals surface area (Å²) >= 11 is 0. The van der Waals surface area contributed by atoms with Crippen LogP contribution < -0.4 is 0 Å². The summed E-state index contributed by atoms with van der Waals surface area (Å²) in [6, 6.07) is 2.04. The fourth-order valence-electron chi connectivity index (χ4n) is 3.23. The molecule has 2 rings (SSSR count). The van der Waals surface area contributed by atoms with Crippen LogP contribution in [0.25, 0.3) is 0 Å². The van der Waals surface area contributed by atoms with Crippen LogP contribution in [0.15, 0.2) is 6.07 Å². The van der Waals surface area contributed by atoms with Crippen molar-refractivity contribution in [3.8, 4) is 0 Å². The molecule has 1 aliphatic rings. The summed E-state index contributed by atoms with van der Waals surface area (Å²) in [6.07, 6.45) is 6.63. The van der Waals surface area contributed by atoms with Gasteiger partial charge in [-0.3, -0.25) is 9.48 Å². The van der Waals surface area contributed by atoms with Crippen molar-refractivity contribution < 1.29 is 9.90 Å². The average Bonchev–Trinajstić information content (AvgIpc) is 2.59. The molecule has 1 heterocycles. The van der Waals surface area contributed by atoms with Crippen LogP contribution in [0.3, 0.4) is 0 Å². The van der Waals surface area contributed by atoms with E-state index in [-0.39, 0.29) is 0 Å². The van der Waals surface area contributed by atoms with Crippen molar-refractivity contribution >= 4 is 5.97 Å². The molecule has 0 bridgehead atoms. The molecule has 1 aliphatic carbocycles. The van der Waals surface area contributed by atoms with Gasteiger partial charge in [0, 0.05) is 18.7 Å². The van der Waals surface area contributed by atoms with Gasteiger partial charge in [-0.1, -0.05) is 25.7 Å². The largest absolute Gasteiger partial charge is 0.481 e. The van der Waals surface area contributed by atoms with Crippen molar-refractivity contribution in [1.82, 2.24) is 9.78 Å². The van der Waals surface area contributed by atoms with Crippen molar-refractivity contribution in [3.05, 3.63) is 17.5 Å². The number of aromatic nitrogens is 2. The molecule has 4 nitrogen and oxygen atoms in total. The summed E-state index contributed by atoms with van der Waals surface area (Å²) in [5, 5.41) is 14.1. The van der Waals surface area contributed by atoms with Gasteiger partial charge in [0.15, 0.2) is 0 Å². The third-order valence-electron chi connectivity index (χ3n) is 4.32. The smallest absolute Gasteiger partial charge is 0.310 e. The van der Waals surface area contributed by atoms with E-state index in [2.05, 4.69) is 12.0 Å². The highest BCUT2D eigenvalue weighted by Gasteiger charge is 2.39. The zero-order valence-corrected chi connectivity index (χ0v) is 12.0. The van der Waals surface area contributed by atoms with E-state index in [4.69, 9.17) is 0 Å². The molecule has 0 amide bonds. The average molecular weight is 264 g/mol. The van der Waals surface area contributed by atoms with Crippen LogP contribution in [0, 0.1) is 12.3 Å². The molecule has 0 aliphatic heterocycles. The maximum Gasteiger partial charge on any atom is 0.310 e. The van der Waals surface area contributed by atoms with Crippen molar-refractivity contribution in [2.75, 3.05) is 0 Å². The maximum absolute atomic E-state index is 11.8. The second kappa shape index (κ2) is 5.76. The first-order valence-corrected chi connectivity index (χ1v) is 7.34.